The van der Waals surface area contributed by atoms with Crippen LogP contribution < -0.4 is 5.32 Å². The molecule has 1 aliphatic heterocycles. The fourth-order valence-electron chi connectivity index (χ4n) is 2.49. The second-order valence-corrected chi connectivity index (χ2v) is 6.62. The van der Waals surface area contributed by atoms with E-state index in [9.17, 15) is 4.79 Å². The number of amidine groups is 1. The number of nitrogens with zero attached hydrogens (tertiary/aromatic N) is 4. The van der Waals surface area contributed by atoms with Crippen molar-refractivity contribution < 1.29 is 4.79 Å². The Morgan fingerprint density at radius 2 is 2.04 bits per heavy atom. The number of thioether (sulfide) groups is 1. The highest BCUT2D eigenvalue weighted by Crippen LogP contribution is 2.15. The lowest BCUT2D eigenvalue weighted by Gasteiger charge is -2.12. The summed E-state index contributed by atoms with van der Waals surface area (Å²) in [6, 6.07) is 13.8. The summed E-state index contributed by atoms with van der Waals surface area (Å²) in [5.41, 5.74) is 4.13. The zero-order valence-corrected chi connectivity index (χ0v) is 14.3. The molecule has 0 bridgehead atoms. The molecule has 0 fully saturated rings. The van der Waals surface area contributed by atoms with E-state index in [1.165, 1.54) is 11.8 Å². The maximum atomic E-state index is 12.4. The Hall–Kier alpha value is -2.93. The van der Waals surface area contributed by atoms with Gasteiger partial charge in [0.25, 0.3) is 5.91 Å². The van der Waals surface area contributed by atoms with Crippen molar-refractivity contribution in [1.82, 2.24) is 14.7 Å². The van der Waals surface area contributed by atoms with Crippen molar-refractivity contribution >= 4 is 34.2 Å². The predicted octanol–water partition coefficient (Wildman–Crippen LogP) is 2.88. The number of pyridine rings is 1. The third-order valence-corrected chi connectivity index (χ3v) is 4.66. The van der Waals surface area contributed by atoms with Crippen LogP contribution in [0.2, 0.25) is 0 Å². The molecule has 3 aromatic rings. The highest BCUT2D eigenvalue weighted by Gasteiger charge is 2.17. The van der Waals surface area contributed by atoms with Crippen molar-refractivity contribution in [3.63, 3.8) is 0 Å². The lowest BCUT2D eigenvalue weighted by atomic mass is 10.1. The molecule has 1 aliphatic rings. The monoisotopic (exact) mass is 349 g/mol. The zero-order valence-electron chi connectivity index (χ0n) is 13.5. The minimum atomic E-state index is -0.286. The highest BCUT2D eigenvalue weighted by atomic mass is 32.2. The molecule has 0 radical (unpaired) electrons. The van der Waals surface area contributed by atoms with Crippen LogP contribution in [0, 0.1) is 6.92 Å². The van der Waals surface area contributed by atoms with Gasteiger partial charge in [-0.1, -0.05) is 42.1 Å². The van der Waals surface area contributed by atoms with Crippen molar-refractivity contribution in [2.45, 2.75) is 6.92 Å². The predicted molar refractivity (Wildman–Crippen MR) is 100 cm³/mol. The van der Waals surface area contributed by atoms with Gasteiger partial charge in [-0.05, 0) is 30.2 Å². The molecule has 25 heavy (non-hydrogen) atoms. The first kappa shape index (κ1) is 15.6. The van der Waals surface area contributed by atoms with Gasteiger partial charge in [0.2, 0.25) is 0 Å². The molecular formula is C18H15N5OS. The van der Waals surface area contributed by atoms with Gasteiger partial charge in [0, 0.05) is 18.1 Å². The molecule has 4 rings (SSSR count). The molecule has 1 N–H and O–H groups in total. The van der Waals surface area contributed by atoms with E-state index >= 15 is 0 Å². The Morgan fingerprint density at radius 1 is 1.20 bits per heavy atom. The first-order valence-electron chi connectivity index (χ1n) is 7.78. The number of fused-ring (bicyclic) bond motifs is 1. The number of rotatable bonds is 2. The summed E-state index contributed by atoms with van der Waals surface area (Å²) in [6.45, 7) is 1.99. The number of aryl methyl sites for hydroxylation is 1. The van der Waals surface area contributed by atoms with Gasteiger partial charge in [-0.3, -0.25) is 10.1 Å². The van der Waals surface area contributed by atoms with Crippen molar-refractivity contribution in [2.24, 2.45) is 10.2 Å². The van der Waals surface area contributed by atoms with Gasteiger partial charge < -0.3 is 4.40 Å². The van der Waals surface area contributed by atoms with Crippen molar-refractivity contribution in [3.8, 4) is 0 Å². The molecule has 0 atom stereocenters. The first-order valence-corrected chi connectivity index (χ1v) is 8.77. The van der Waals surface area contributed by atoms with Crippen LogP contribution >= 0.6 is 11.8 Å². The number of hydrogen-bond donors (Lipinski definition) is 1. The summed E-state index contributed by atoms with van der Waals surface area (Å²) >= 11 is 1.45. The molecule has 3 heterocycles. The molecule has 1 aromatic carbocycles. The summed E-state index contributed by atoms with van der Waals surface area (Å²) < 4.78 is 1.82. The minimum Gasteiger partial charge on any atom is -0.306 e. The van der Waals surface area contributed by atoms with E-state index in [2.05, 4.69) is 20.5 Å². The number of carbonyl (C=O) groups excluding carboxylic acids is 1. The highest BCUT2D eigenvalue weighted by molar-refractivity contribution is 8.14. The number of carbonyl (C=O) groups is 1. The van der Waals surface area contributed by atoms with Gasteiger partial charge in [0.15, 0.2) is 5.17 Å². The molecule has 0 spiro atoms. The van der Waals surface area contributed by atoms with Gasteiger partial charge in [-0.2, -0.15) is 5.10 Å². The molecule has 0 saturated carbocycles. The van der Waals surface area contributed by atoms with Crippen LogP contribution in [-0.4, -0.2) is 31.9 Å². The van der Waals surface area contributed by atoms with Gasteiger partial charge in [-0.15, -0.1) is 5.10 Å². The standard InChI is InChI=1S/C18H15N5OS/c1-12-7-8-23-10-14(19-16(23)9-12)17(24)20-18-22-21-15(11-25-18)13-5-3-2-4-6-13/h2-10H,11H2,1H3,(H,20,22,24). The van der Waals surface area contributed by atoms with E-state index in [0.717, 1.165) is 22.5 Å². The SMILES string of the molecule is Cc1ccn2cc(C(=O)NC3=NN=C(c4ccccc4)CS3)nc2c1. The maximum Gasteiger partial charge on any atom is 0.277 e. The van der Waals surface area contributed by atoms with Gasteiger partial charge >= 0.3 is 0 Å². The quantitative estimate of drug-likeness (QED) is 0.773. The van der Waals surface area contributed by atoms with E-state index < -0.39 is 0 Å². The topological polar surface area (TPSA) is 71.1 Å². The van der Waals surface area contributed by atoms with Gasteiger partial charge in [0.05, 0.1) is 5.71 Å². The summed E-state index contributed by atoms with van der Waals surface area (Å²) in [5.74, 6) is 0.374. The summed E-state index contributed by atoms with van der Waals surface area (Å²) in [6.07, 6.45) is 3.59. The van der Waals surface area contributed by atoms with Crippen LogP contribution in [0.25, 0.3) is 5.65 Å². The summed E-state index contributed by atoms with van der Waals surface area (Å²) in [5, 5.41) is 11.6. The maximum absolute atomic E-state index is 12.4. The largest absolute Gasteiger partial charge is 0.306 e. The number of imidazole rings is 1. The second kappa shape index (κ2) is 6.52. The molecule has 1 amide bonds. The molecule has 0 saturated heterocycles. The average molecular weight is 349 g/mol. The summed E-state index contributed by atoms with van der Waals surface area (Å²) in [4.78, 5) is 16.7. The lowest BCUT2D eigenvalue weighted by Crippen LogP contribution is -2.30. The third kappa shape index (κ3) is 3.32. The number of amides is 1. The molecule has 0 aliphatic carbocycles. The molecule has 2 aromatic heterocycles. The van der Waals surface area contributed by atoms with Crippen LogP contribution in [0.4, 0.5) is 0 Å². The molecule has 124 valence electrons. The Kier molecular flexibility index (Phi) is 4.07. The first-order chi connectivity index (χ1) is 12.2. The zero-order chi connectivity index (χ0) is 17.2. The van der Waals surface area contributed by atoms with Crippen LogP contribution in [0.1, 0.15) is 21.6 Å². The summed E-state index contributed by atoms with van der Waals surface area (Å²) in [7, 11) is 0. The van der Waals surface area contributed by atoms with Gasteiger partial charge in [-0.25, -0.2) is 4.98 Å². The van der Waals surface area contributed by atoms with E-state index in [4.69, 9.17) is 0 Å². The van der Waals surface area contributed by atoms with E-state index in [-0.39, 0.29) is 5.91 Å². The Bertz CT molecular complexity index is 1010. The number of aromatic nitrogens is 2. The number of benzene rings is 1. The van der Waals surface area contributed by atoms with Crippen LogP contribution in [0.5, 0.6) is 0 Å². The smallest absolute Gasteiger partial charge is 0.277 e. The minimum absolute atomic E-state index is 0.286. The van der Waals surface area contributed by atoms with Crippen molar-refractivity contribution in [3.05, 3.63) is 71.7 Å². The van der Waals surface area contributed by atoms with E-state index in [1.54, 1.807) is 6.20 Å². The van der Waals surface area contributed by atoms with Crippen molar-refractivity contribution in [1.29, 1.82) is 0 Å². The average Bonchev–Trinajstić information content (AvgIpc) is 3.06. The molecular weight excluding hydrogens is 334 g/mol. The molecule has 6 nitrogen and oxygen atoms in total. The Balaban J connectivity index is 1.51. The van der Waals surface area contributed by atoms with E-state index in [1.807, 2.05) is 60.0 Å². The Labute approximate surface area is 148 Å². The number of hydrogen-bond acceptors (Lipinski definition) is 5. The Morgan fingerprint density at radius 3 is 2.80 bits per heavy atom. The molecule has 0 unspecified atom stereocenters. The van der Waals surface area contributed by atoms with Crippen LogP contribution in [0.3, 0.4) is 0 Å². The number of nitrogens with one attached hydrogen (secondary N) is 1. The second-order valence-electron chi connectivity index (χ2n) is 5.66. The van der Waals surface area contributed by atoms with E-state index in [0.29, 0.717) is 16.6 Å². The van der Waals surface area contributed by atoms with Crippen molar-refractivity contribution in [2.75, 3.05) is 5.75 Å². The molecule has 7 heteroatoms. The third-order valence-electron chi connectivity index (χ3n) is 3.78. The normalized spacial score (nSPS) is 14.1. The van der Waals surface area contributed by atoms with Gasteiger partial charge in [0.1, 0.15) is 11.3 Å². The van der Waals surface area contributed by atoms with Crippen LogP contribution in [-0.2, 0) is 0 Å². The fourth-order valence-corrected chi connectivity index (χ4v) is 3.25. The fraction of sp³-hybridized carbons (Fsp3) is 0.111. The van der Waals surface area contributed by atoms with Crippen LogP contribution in [0.15, 0.2) is 65.1 Å². The lowest BCUT2D eigenvalue weighted by molar-refractivity contribution is 0.0973.